The third-order valence-electron chi connectivity index (χ3n) is 4.91. The lowest BCUT2D eigenvalue weighted by molar-refractivity contribution is -0.131. The van der Waals surface area contributed by atoms with Gasteiger partial charge in [-0.1, -0.05) is 26.2 Å². The molecule has 0 radical (unpaired) electrons. The summed E-state index contributed by atoms with van der Waals surface area (Å²) in [5.74, 6) is 0.318. The minimum atomic E-state index is -0.0278. The van der Waals surface area contributed by atoms with Gasteiger partial charge in [-0.2, -0.15) is 0 Å². The van der Waals surface area contributed by atoms with Crippen LogP contribution in [0.15, 0.2) is 0 Å². The molecular formula is C15H28N2O. The average Bonchev–Trinajstić information content (AvgIpc) is 2.90. The van der Waals surface area contributed by atoms with Gasteiger partial charge in [0.2, 0.25) is 5.91 Å². The van der Waals surface area contributed by atoms with Gasteiger partial charge < -0.3 is 10.6 Å². The molecule has 0 aromatic carbocycles. The molecule has 1 saturated heterocycles. The fourth-order valence-corrected chi connectivity index (χ4v) is 3.51. The van der Waals surface area contributed by atoms with Crippen molar-refractivity contribution in [2.75, 3.05) is 13.1 Å². The summed E-state index contributed by atoms with van der Waals surface area (Å²) in [5.41, 5.74) is -0.0278. The number of piperidine rings is 1. The van der Waals surface area contributed by atoms with Crippen LogP contribution in [0.5, 0.6) is 0 Å². The van der Waals surface area contributed by atoms with Crippen LogP contribution in [-0.4, -0.2) is 25.0 Å². The zero-order valence-electron chi connectivity index (χ0n) is 11.8. The van der Waals surface area contributed by atoms with Crippen LogP contribution >= 0.6 is 0 Å². The van der Waals surface area contributed by atoms with Crippen molar-refractivity contribution in [3.8, 4) is 0 Å². The van der Waals surface area contributed by atoms with Crippen LogP contribution < -0.4 is 10.6 Å². The molecule has 104 valence electrons. The lowest BCUT2D eigenvalue weighted by Gasteiger charge is -2.27. The number of carbonyl (C=O) groups is 1. The van der Waals surface area contributed by atoms with Gasteiger partial charge in [0.25, 0.3) is 0 Å². The third kappa shape index (κ3) is 3.25. The first-order valence-electron chi connectivity index (χ1n) is 7.78. The molecule has 2 aliphatic rings. The number of nitrogens with one attached hydrogen (secondary N) is 2. The number of amides is 1. The van der Waals surface area contributed by atoms with E-state index in [0.29, 0.717) is 11.9 Å². The van der Waals surface area contributed by atoms with Gasteiger partial charge in [-0.05, 0) is 45.1 Å². The lowest BCUT2D eigenvalue weighted by Crippen LogP contribution is -2.42. The summed E-state index contributed by atoms with van der Waals surface area (Å²) in [6.45, 7) is 4.16. The fourth-order valence-electron chi connectivity index (χ4n) is 3.51. The largest absolute Gasteiger partial charge is 0.356 e. The molecular weight excluding hydrogens is 224 g/mol. The molecule has 2 N–H and O–H groups in total. The Bertz CT molecular complexity index is 266. The predicted octanol–water partition coefficient (Wildman–Crippen LogP) is 2.61. The molecule has 1 heterocycles. The minimum absolute atomic E-state index is 0.0278. The molecule has 0 spiro atoms. The Hall–Kier alpha value is -0.570. The van der Waals surface area contributed by atoms with Crippen LogP contribution in [0.25, 0.3) is 0 Å². The highest BCUT2D eigenvalue weighted by atomic mass is 16.2. The number of rotatable bonds is 5. The van der Waals surface area contributed by atoms with Gasteiger partial charge in [0.05, 0.1) is 0 Å². The molecule has 3 nitrogen and oxygen atoms in total. The van der Waals surface area contributed by atoms with E-state index in [9.17, 15) is 4.79 Å². The van der Waals surface area contributed by atoms with Crippen molar-refractivity contribution in [1.29, 1.82) is 0 Å². The third-order valence-corrected chi connectivity index (χ3v) is 4.91. The molecule has 1 aliphatic carbocycles. The van der Waals surface area contributed by atoms with E-state index in [1.807, 2.05) is 0 Å². The molecule has 1 aliphatic heterocycles. The molecule has 0 aromatic heterocycles. The molecule has 2 fully saturated rings. The first-order valence-corrected chi connectivity index (χ1v) is 7.78. The van der Waals surface area contributed by atoms with Gasteiger partial charge in [0, 0.05) is 18.0 Å². The minimum Gasteiger partial charge on any atom is -0.356 e. The second-order valence-electron chi connectivity index (χ2n) is 6.03. The van der Waals surface area contributed by atoms with Crippen molar-refractivity contribution in [2.24, 2.45) is 5.41 Å². The molecule has 18 heavy (non-hydrogen) atoms. The fraction of sp³-hybridized carbons (Fsp3) is 0.933. The quantitative estimate of drug-likeness (QED) is 0.789. The van der Waals surface area contributed by atoms with E-state index in [0.717, 1.165) is 38.8 Å². The van der Waals surface area contributed by atoms with E-state index in [1.165, 1.54) is 32.1 Å². The highest BCUT2D eigenvalue weighted by molar-refractivity contribution is 5.82. The van der Waals surface area contributed by atoms with E-state index >= 15 is 0 Å². The number of hydrogen-bond acceptors (Lipinski definition) is 2. The van der Waals surface area contributed by atoms with Crippen molar-refractivity contribution in [2.45, 2.75) is 70.8 Å². The first-order chi connectivity index (χ1) is 8.77. The molecule has 0 bridgehead atoms. The lowest BCUT2D eigenvalue weighted by atomic mass is 9.82. The maximum absolute atomic E-state index is 12.3. The standard InChI is InChI=1S/C15H28N2O/c1-2-15(9-4-5-10-15)14(18)17-12-8-13-7-3-6-11-16-13/h13,16H,2-12H2,1H3,(H,17,18). The summed E-state index contributed by atoms with van der Waals surface area (Å²) in [6, 6.07) is 0.625. The first kappa shape index (κ1) is 13.9. The number of hydrogen-bond donors (Lipinski definition) is 2. The van der Waals surface area contributed by atoms with Crippen molar-refractivity contribution < 1.29 is 4.79 Å². The Morgan fingerprint density at radius 2 is 2.06 bits per heavy atom. The molecule has 1 amide bonds. The second-order valence-corrected chi connectivity index (χ2v) is 6.03. The Labute approximate surface area is 111 Å². The van der Waals surface area contributed by atoms with E-state index in [1.54, 1.807) is 0 Å². The Morgan fingerprint density at radius 1 is 1.28 bits per heavy atom. The Balaban J connectivity index is 1.70. The smallest absolute Gasteiger partial charge is 0.226 e. The van der Waals surface area contributed by atoms with Crippen LogP contribution in [0.4, 0.5) is 0 Å². The highest BCUT2D eigenvalue weighted by Gasteiger charge is 2.38. The molecule has 3 heteroatoms. The van der Waals surface area contributed by atoms with E-state index in [2.05, 4.69) is 17.6 Å². The molecule has 1 atom stereocenters. The van der Waals surface area contributed by atoms with Crippen LogP contribution in [0.1, 0.15) is 64.7 Å². The van der Waals surface area contributed by atoms with Crippen LogP contribution in [0.3, 0.4) is 0 Å². The molecule has 2 rings (SSSR count). The van der Waals surface area contributed by atoms with Gasteiger partial charge >= 0.3 is 0 Å². The van der Waals surface area contributed by atoms with E-state index < -0.39 is 0 Å². The maximum atomic E-state index is 12.3. The molecule has 1 saturated carbocycles. The highest BCUT2D eigenvalue weighted by Crippen LogP contribution is 2.41. The van der Waals surface area contributed by atoms with Crippen molar-refractivity contribution in [3.05, 3.63) is 0 Å². The van der Waals surface area contributed by atoms with Crippen molar-refractivity contribution in [1.82, 2.24) is 10.6 Å². The van der Waals surface area contributed by atoms with E-state index in [-0.39, 0.29) is 5.41 Å². The van der Waals surface area contributed by atoms with E-state index in [4.69, 9.17) is 0 Å². The zero-order valence-corrected chi connectivity index (χ0v) is 11.8. The van der Waals surface area contributed by atoms with Crippen LogP contribution in [-0.2, 0) is 4.79 Å². The van der Waals surface area contributed by atoms with Crippen LogP contribution in [0, 0.1) is 5.41 Å². The van der Waals surface area contributed by atoms with Gasteiger partial charge in [-0.15, -0.1) is 0 Å². The van der Waals surface area contributed by atoms with Crippen molar-refractivity contribution >= 4 is 5.91 Å². The van der Waals surface area contributed by atoms with Gasteiger partial charge in [0.1, 0.15) is 0 Å². The second kappa shape index (κ2) is 6.55. The summed E-state index contributed by atoms with van der Waals surface area (Å²) < 4.78 is 0. The Morgan fingerprint density at radius 3 is 2.67 bits per heavy atom. The summed E-state index contributed by atoms with van der Waals surface area (Å²) in [4.78, 5) is 12.3. The number of carbonyl (C=O) groups excluding carboxylic acids is 1. The van der Waals surface area contributed by atoms with Gasteiger partial charge in [-0.25, -0.2) is 0 Å². The summed E-state index contributed by atoms with van der Waals surface area (Å²) in [5, 5.41) is 6.72. The van der Waals surface area contributed by atoms with Gasteiger partial charge in [-0.3, -0.25) is 4.79 Å². The molecule has 0 aromatic rings. The van der Waals surface area contributed by atoms with Gasteiger partial charge in [0.15, 0.2) is 0 Å². The summed E-state index contributed by atoms with van der Waals surface area (Å²) in [7, 11) is 0. The average molecular weight is 252 g/mol. The zero-order chi connectivity index (χ0) is 12.8. The molecule has 1 unspecified atom stereocenters. The Kier molecular flexibility index (Phi) is 5.04. The summed E-state index contributed by atoms with van der Waals surface area (Å²) in [6.07, 6.45) is 10.7. The summed E-state index contributed by atoms with van der Waals surface area (Å²) >= 11 is 0. The topological polar surface area (TPSA) is 41.1 Å². The van der Waals surface area contributed by atoms with Crippen molar-refractivity contribution in [3.63, 3.8) is 0 Å². The monoisotopic (exact) mass is 252 g/mol. The normalized spacial score (nSPS) is 27.1. The maximum Gasteiger partial charge on any atom is 0.226 e. The van der Waals surface area contributed by atoms with Crippen LogP contribution in [0.2, 0.25) is 0 Å². The SMILES string of the molecule is CCC1(C(=O)NCCC2CCCCN2)CCCC1. The predicted molar refractivity (Wildman–Crippen MR) is 74.5 cm³/mol.